The van der Waals surface area contributed by atoms with Gasteiger partial charge in [-0.3, -0.25) is 14.4 Å². The van der Waals surface area contributed by atoms with Crippen LogP contribution >= 0.6 is 0 Å². The van der Waals surface area contributed by atoms with Gasteiger partial charge in [0.2, 0.25) is 11.8 Å². The number of para-hydroxylation sites is 1. The summed E-state index contributed by atoms with van der Waals surface area (Å²) >= 11 is 0. The molecule has 2 aromatic carbocycles. The third-order valence-corrected chi connectivity index (χ3v) is 7.47. The number of rotatable bonds is 14. The second-order valence-electron chi connectivity index (χ2n) is 11.8. The van der Waals surface area contributed by atoms with Crippen molar-refractivity contribution in [2.45, 2.75) is 78.9 Å². The van der Waals surface area contributed by atoms with E-state index >= 15 is 0 Å². The highest BCUT2D eigenvalue weighted by atomic mass is 16.5. The van der Waals surface area contributed by atoms with Gasteiger partial charge in [0.15, 0.2) is 5.78 Å². The summed E-state index contributed by atoms with van der Waals surface area (Å²) in [5, 5.41) is 4.33. The number of nitrogens with zero attached hydrogens (tertiary/aromatic N) is 2. The lowest BCUT2D eigenvalue weighted by Crippen LogP contribution is -2.38. The van der Waals surface area contributed by atoms with Gasteiger partial charge in [0.1, 0.15) is 0 Å². The van der Waals surface area contributed by atoms with E-state index in [1.807, 2.05) is 62.4 Å². The number of nitrogens with two attached hydrogens (primary N) is 2. The van der Waals surface area contributed by atoms with Crippen LogP contribution in [0.2, 0.25) is 0 Å². The molecule has 0 saturated carbocycles. The van der Waals surface area contributed by atoms with Gasteiger partial charge in [0.25, 0.3) is 0 Å². The second-order valence-corrected chi connectivity index (χ2v) is 11.8. The van der Waals surface area contributed by atoms with Crippen molar-refractivity contribution < 1.29 is 19.1 Å². The molecule has 9 heteroatoms. The van der Waals surface area contributed by atoms with Crippen molar-refractivity contribution in [3.8, 4) is 0 Å². The SMILES string of the molecule is CCC(=O)CN(N)/C1=C(\N)c2ccccc2N(C(=O)CCC(=O)NCCC(C)(C)OCCC(C)C)Cc2ccccc21. The minimum absolute atomic E-state index is 0.0112. The number of ether oxygens (including phenoxy) is 1. The molecule has 0 radical (unpaired) electrons. The molecular formula is C33H47N5O4. The quantitative estimate of drug-likeness (QED) is 0.221. The number of hydrogen-bond acceptors (Lipinski definition) is 7. The van der Waals surface area contributed by atoms with Gasteiger partial charge in [-0.15, -0.1) is 0 Å². The number of anilines is 1. The van der Waals surface area contributed by atoms with Crippen LogP contribution in [0.5, 0.6) is 0 Å². The summed E-state index contributed by atoms with van der Waals surface area (Å²) < 4.78 is 5.99. The Hall–Kier alpha value is -3.69. The van der Waals surface area contributed by atoms with Gasteiger partial charge in [-0.2, -0.15) is 0 Å². The van der Waals surface area contributed by atoms with Crippen LogP contribution in [0.3, 0.4) is 0 Å². The number of Topliss-reactive ketones (excluding diaryl/α,β-unsaturated/α-hetero) is 1. The molecule has 5 N–H and O–H groups in total. The zero-order valence-electron chi connectivity index (χ0n) is 25.7. The van der Waals surface area contributed by atoms with E-state index in [1.165, 1.54) is 5.01 Å². The molecule has 0 fully saturated rings. The highest BCUT2D eigenvalue weighted by Gasteiger charge is 2.28. The molecule has 2 amide bonds. The summed E-state index contributed by atoms with van der Waals surface area (Å²) in [5.41, 5.74) is 10.2. The van der Waals surface area contributed by atoms with Crippen molar-refractivity contribution in [3.05, 3.63) is 65.2 Å². The molecule has 0 bridgehead atoms. The number of carbonyl (C=O) groups excluding carboxylic acids is 3. The molecule has 0 aliphatic carbocycles. The Balaban J connectivity index is 1.75. The molecule has 2 aromatic rings. The smallest absolute Gasteiger partial charge is 0.227 e. The van der Waals surface area contributed by atoms with Crippen molar-refractivity contribution in [1.82, 2.24) is 10.3 Å². The Morgan fingerprint density at radius 2 is 1.71 bits per heavy atom. The Morgan fingerprint density at radius 1 is 1.05 bits per heavy atom. The van der Waals surface area contributed by atoms with E-state index in [1.54, 1.807) is 11.8 Å². The highest BCUT2D eigenvalue weighted by molar-refractivity contribution is 6.02. The maximum Gasteiger partial charge on any atom is 0.227 e. The fourth-order valence-corrected chi connectivity index (χ4v) is 4.86. The van der Waals surface area contributed by atoms with E-state index in [0.29, 0.717) is 54.6 Å². The summed E-state index contributed by atoms with van der Waals surface area (Å²) in [4.78, 5) is 40.2. The van der Waals surface area contributed by atoms with Crippen LogP contribution in [0.25, 0.3) is 11.4 Å². The molecule has 0 atom stereocenters. The predicted molar refractivity (Wildman–Crippen MR) is 168 cm³/mol. The van der Waals surface area contributed by atoms with Crippen molar-refractivity contribution in [1.29, 1.82) is 0 Å². The first-order valence-electron chi connectivity index (χ1n) is 14.9. The van der Waals surface area contributed by atoms with Crippen LogP contribution in [-0.2, 0) is 25.7 Å². The molecule has 0 spiro atoms. The number of fused-ring (bicyclic) bond motifs is 2. The second kappa shape index (κ2) is 15.0. The van der Waals surface area contributed by atoms with E-state index in [-0.39, 0.29) is 49.1 Å². The molecular weight excluding hydrogens is 530 g/mol. The fourth-order valence-electron chi connectivity index (χ4n) is 4.86. The lowest BCUT2D eigenvalue weighted by molar-refractivity contribution is -0.125. The Bertz CT molecular complexity index is 1290. The summed E-state index contributed by atoms with van der Waals surface area (Å²) in [6, 6.07) is 15.0. The topological polar surface area (TPSA) is 131 Å². The largest absolute Gasteiger partial charge is 0.396 e. The first-order valence-corrected chi connectivity index (χ1v) is 14.9. The number of benzene rings is 2. The predicted octanol–water partition coefficient (Wildman–Crippen LogP) is 4.60. The first-order chi connectivity index (χ1) is 19.9. The van der Waals surface area contributed by atoms with Gasteiger partial charge in [-0.05, 0) is 44.2 Å². The highest BCUT2D eigenvalue weighted by Crippen LogP contribution is 2.36. The van der Waals surface area contributed by atoms with Gasteiger partial charge in [-0.25, -0.2) is 5.84 Å². The van der Waals surface area contributed by atoms with Crippen LogP contribution in [0.1, 0.15) is 83.4 Å². The normalized spacial score (nSPS) is 15.0. The zero-order chi connectivity index (χ0) is 30.9. The number of hydrazine groups is 1. The Kier molecular flexibility index (Phi) is 11.7. The molecule has 42 heavy (non-hydrogen) atoms. The molecule has 9 nitrogen and oxygen atoms in total. The average Bonchev–Trinajstić information content (AvgIpc) is 2.94. The fraction of sp³-hybridized carbons (Fsp3) is 0.485. The Labute approximate surface area is 250 Å². The number of amides is 2. The van der Waals surface area contributed by atoms with Crippen molar-refractivity contribution in [3.63, 3.8) is 0 Å². The molecule has 3 rings (SSSR count). The summed E-state index contributed by atoms with van der Waals surface area (Å²) in [5.74, 6) is 6.63. The Morgan fingerprint density at radius 3 is 2.40 bits per heavy atom. The number of ketones is 1. The van der Waals surface area contributed by atoms with E-state index in [4.69, 9.17) is 16.3 Å². The lowest BCUT2D eigenvalue weighted by Gasteiger charge is -2.32. The minimum Gasteiger partial charge on any atom is -0.396 e. The molecule has 1 heterocycles. The molecule has 0 saturated heterocycles. The van der Waals surface area contributed by atoms with Crippen molar-refractivity contribution >= 4 is 34.7 Å². The average molecular weight is 578 g/mol. The van der Waals surface area contributed by atoms with Gasteiger partial charge in [-0.1, -0.05) is 63.2 Å². The van der Waals surface area contributed by atoms with E-state index in [0.717, 1.165) is 17.5 Å². The standard InChI is InChI=1S/C33H47N5O4/c1-6-25(39)22-38(35)32-26-12-8-7-11-24(26)21-37(28-14-10-9-13-27(28)31(32)34)30(41)16-15-29(40)36-19-18-33(4,5)42-20-17-23(2)3/h7-14,23H,6,15-22,34-35H2,1-5H3,(H,36,40)/b32-31-. The maximum absolute atomic E-state index is 13.6. The van der Waals surface area contributed by atoms with Crippen LogP contribution in [0, 0.1) is 5.92 Å². The van der Waals surface area contributed by atoms with Crippen LogP contribution in [0.4, 0.5) is 5.69 Å². The summed E-state index contributed by atoms with van der Waals surface area (Å²) in [6.45, 7) is 11.6. The molecule has 228 valence electrons. The zero-order valence-corrected chi connectivity index (χ0v) is 25.7. The minimum atomic E-state index is -0.338. The van der Waals surface area contributed by atoms with Gasteiger partial charge >= 0.3 is 0 Å². The number of carbonyl (C=O) groups is 3. The first kappa shape index (κ1) is 32.8. The lowest BCUT2D eigenvalue weighted by atomic mass is 9.95. The van der Waals surface area contributed by atoms with E-state index < -0.39 is 0 Å². The summed E-state index contributed by atoms with van der Waals surface area (Å²) in [7, 11) is 0. The molecule has 1 aliphatic heterocycles. The van der Waals surface area contributed by atoms with Gasteiger partial charge in [0, 0.05) is 43.5 Å². The number of hydrogen-bond donors (Lipinski definition) is 3. The molecule has 1 aliphatic rings. The maximum atomic E-state index is 13.6. The monoisotopic (exact) mass is 577 g/mol. The van der Waals surface area contributed by atoms with Crippen LogP contribution in [0.15, 0.2) is 48.5 Å². The van der Waals surface area contributed by atoms with Gasteiger partial charge < -0.3 is 25.7 Å². The van der Waals surface area contributed by atoms with Crippen molar-refractivity contribution in [2.75, 3.05) is 24.6 Å². The third kappa shape index (κ3) is 8.90. The van der Waals surface area contributed by atoms with Gasteiger partial charge in [0.05, 0.1) is 35.8 Å². The summed E-state index contributed by atoms with van der Waals surface area (Å²) in [6.07, 6.45) is 2.14. The van der Waals surface area contributed by atoms with E-state index in [9.17, 15) is 14.4 Å². The molecule has 0 unspecified atom stereocenters. The van der Waals surface area contributed by atoms with Crippen molar-refractivity contribution in [2.24, 2.45) is 17.5 Å². The van der Waals surface area contributed by atoms with Crippen LogP contribution in [-0.4, -0.2) is 47.9 Å². The van der Waals surface area contributed by atoms with E-state index in [2.05, 4.69) is 19.2 Å². The third-order valence-electron chi connectivity index (χ3n) is 7.47. The number of nitrogens with one attached hydrogen (secondary N) is 1. The molecule has 0 aromatic heterocycles. The van der Waals surface area contributed by atoms with Crippen LogP contribution < -0.4 is 21.8 Å².